The number of carbonyl (C=O) groups is 1. The molecular formula is C20H24FN3O4S. The average molecular weight is 421 g/mol. The average Bonchev–Trinajstić information content (AvgIpc) is 2.72. The minimum atomic E-state index is -3.69. The van der Waals surface area contributed by atoms with Crippen LogP contribution < -0.4 is 10.2 Å². The molecule has 1 amide bonds. The second kappa shape index (κ2) is 8.89. The van der Waals surface area contributed by atoms with E-state index in [0.29, 0.717) is 37.6 Å². The summed E-state index contributed by atoms with van der Waals surface area (Å²) in [4.78, 5) is 15.0. The molecule has 0 aliphatic carbocycles. The third kappa shape index (κ3) is 4.92. The highest BCUT2D eigenvalue weighted by atomic mass is 32.2. The number of benzene rings is 2. The minimum absolute atomic E-state index is 0.0374. The Hall–Kier alpha value is -2.49. The first-order chi connectivity index (χ1) is 13.8. The van der Waals surface area contributed by atoms with E-state index >= 15 is 0 Å². The number of ether oxygens (including phenoxy) is 1. The zero-order chi connectivity index (χ0) is 21.0. The number of hydrogen-bond donors (Lipinski definition) is 1. The van der Waals surface area contributed by atoms with Gasteiger partial charge in [0.25, 0.3) is 5.91 Å². The molecule has 0 radical (unpaired) electrons. The van der Waals surface area contributed by atoms with E-state index in [-0.39, 0.29) is 22.8 Å². The van der Waals surface area contributed by atoms with Gasteiger partial charge in [-0.15, -0.1) is 0 Å². The van der Waals surface area contributed by atoms with Crippen LogP contribution in [0.25, 0.3) is 0 Å². The molecule has 156 valence electrons. The smallest absolute Gasteiger partial charge is 0.253 e. The molecule has 2 aromatic carbocycles. The van der Waals surface area contributed by atoms with Gasteiger partial charge in [-0.05, 0) is 35.9 Å². The normalized spacial score (nSPS) is 14.8. The summed E-state index contributed by atoms with van der Waals surface area (Å²) in [5, 5.41) is 2.76. The van der Waals surface area contributed by atoms with E-state index in [4.69, 9.17) is 4.74 Å². The van der Waals surface area contributed by atoms with Gasteiger partial charge >= 0.3 is 0 Å². The van der Waals surface area contributed by atoms with Crippen LogP contribution in [-0.4, -0.2) is 59.0 Å². The molecule has 1 N–H and O–H groups in total. The summed E-state index contributed by atoms with van der Waals surface area (Å²) < 4.78 is 44.9. The van der Waals surface area contributed by atoms with E-state index in [9.17, 15) is 17.6 Å². The molecule has 2 aromatic rings. The van der Waals surface area contributed by atoms with Gasteiger partial charge in [0.1, 0.15) is 5.82 Å². The zero-order valence-corrected chi connectivity index (χ0v) is 17.2. The van der Waals surface area contributed by atoms with E-state index in [1.165, 1.54) is 38.4 Å². The van der Waals surface area contributed by atoms with Crippen LogP contribution >= 0.6 is 0 Å². The topological polar surface area (TPSA) is 79.0 Å². The second-order valence-electron chi connectivity index (χ2n) is 6.88. The van der Waals surface area contributed by atoms with Crippen molar-refractivity contribution in [3.05, 3.63) is 59.4 Å². The third-order valence-corrected chi connectivity index (χ3v) is 6.50. The zero-order valence-electron chi connectivity index (χ0n) is 16.4. The van der Waals surface area contributed by atoms with Crippen LogP contribution in [0.1, 0.15) is 15.9 Å². The lowest BCUT2D eigenvalue weighted by atomic mass is 10.1. The van der Waals surface area contributed by atoms with Crippen molar-refractivity contribution in [1.82, 2.24) is 9.62 Å². The molecule has 0 saturated carbocycles. The molecule has 0 bridgehead atoms. The molecule has 0 unspecified atom stereocenters. The number of hydrogen-bond acceptors (Lipinski definition) is 5. The molecule has 29 heavy (non-hydrogen) atoms. The van der Waals surface area contributed by atoms with Crippen LogP contribution in [0.4, 0.5) is 10.1 Å². The number of amides is 1. The summed E-state index contributed by atoms with van der Waals surface area (Å²) in [5.74, 6) is -0.809. The molecule has 1 aliphatic heterocycles. The highest BCUT2D eigenvalue weighted by molar-refractivity contribution is 7.89. The highest BCUT2D eigenvalue weighted by Crippen LogP contribution is 2.26. The summed E-state index contributed by atoms with van der Waals surface area (Å²) in [5.41, 5.74) is 1.51. The summed E-state index contributed by atoms with van der Waals surface area (Å²) in [7, 11) is -0.814. The van der Waals surface area contributed by atoms with Gasteiger partial charge < -0.3 is 15.0 Å². The van der Waals surface area contributed by atoms with Gasteiger partial charge in [-0.3, -0.25) is 4.79 Å². The lowest BCUT2D eigenvalue weighted by Gasteiger charge is -2.30. The van der Waals surface area contributed by atoms with Crippen LogP contribution in [0.2, 0.25) is 0 Å². The number of rotatable bonds is 6. The van der Waals surface area contributed by atoms with E-state index in [2.05, 4.69) is 5.32 Å². The van der Waals surface area contributed by atoms with E-state index in [1.54, 1.807) is 18.2 Å². The van der Waals surface area contributed by atoms with Crippen molar-refractivity contribution >= 4 is 21.6 Å². The Morgan fingerprint density at radius 1 is 1.17 bits per heavy atom. The number of halogens is 1. The van der Waals surface area contributed by atoms with Crippen molar-refractivity contribution in [3.63, 3.8) is 0 Å². The molecular weight excluding hydrogens is 397 g/mol. The van der Waals surface area contributed by atoms with E-state index < -0.39 is 15.9 Å². The van der Waals surface area contributed by atoms with Crippen molar-refractivity contribution in [3.8, 4) is 0 Å². The number of carbonyl (C=O) groups excluding carboxylic acids is 1. The first-order valence-corrected chi connectivity index (χ1v) is 10.6. The first kappa shape index (κ1) is 21.2. The minimum Gasteiger partial charge on any atom is -0.378 e. The van der Waals surface area contributed by atoms with Gasteiger partial charge in [-0.1, -0.05) is 12.1 Å². The maximum atomic E-state index is 13.4. The van der Waals surface area contributed by atoms with Gasteiger partial charge in [-0.2, -0.15) is 0 Å². The second-order valence-corrected chi connectivity index (χ2v) is 9.03. The predicted octanol–water partition coefficient (Wildman–Crippen LogP) is 1.84. The van der Waals surface area contributed by atoms with Gasteiger partial charge in [0.2, 0.25) is 10.0 Å². The largest absolute Gasteiger partial charge is 0.378 e. The van der Waals surface area contributed by atoms with Gasteiger partial charge in [0.15, 0.2) is 0 Å². The van der Waals surface area contributed by atoms with Crippen molar-refractivity contribution in [2.75, 3.05) is 45.3 Å². The fourth-order valence-corrected chi connectivity index (χ4v) is 4.00. The summed E-state index contributed by atoms with van der Waals surface area (Å²) >= 11 is 0. The first-order valence-electron chi connectivity index (χ1n) is 9.21. The maximum Gasteiger partial charge on any atom is 0.253 e. The number of anilines is 1. The maximum absolute atomic E-state index is 13.4. The van der Waals surface area contributed by atoms with Crippen LogP contribution in [0, 0.1) is 5.82 Å². The quantitative estimate of drug-likeness (QED) is 0.770. The van der Waals surface area contributed by atoms with Crippen molar-refractivity contribution in [2.24, 2.45) is 0 Å². The van der Waals surface area contributed by atoms with Crippen LogP contribution in [0.5, 0.6) is 0 Å². The predicted molar refractivity (Wildman–Crippen MR) is 108 cm³/mol. The molecule has 0 atom stereocenters. The summed E-state index contributed by atoms with van der Waals surface area (Å²) in [6, 6.07) is 10.5. The highest BCUT2D eigenvalue weighted by Gasteiger charge is 2.24. The molecule has 1 fully saturated rings. The van der Waals surface area contributed by atoms with Crippen LogP contribution in [-0.2, 0) is 21.3 Å². The van der Waals surface area contributed by atoms with Crippen LogP contribution in [0.15, 0.2) is 47.4 Å². The molecule has 9 heteroatoms. The van der Waals surface area contributed by atoms with Gasteiger partial charge in [-0.25, -0.2) is 17.1 Å². The van der Waals surface area contributed by atoms with Crippen molar-refractivity contribution < 1.29 is 22.3 Å². The number of nitrogens with one attached hydrogen (secondary N) is 1. The third-order valence-electron chi connectivity index (χ3n) is 4.69. The summed E-state index contributed by atoms with van der Waals surface area (Å²) in [6.07, 6.45) is 0. The SMILES string of the molecule is CN(C)S(=O)(=O)c1ccc(N2CCOCC2)c(C(=O)NCc2cccc(F)c2)c1. The molecule has 1 aliphatic rings. The summed E-state index contributed by atoms with van der Waals surface area (Å²) in [6.45, 7) is 2.39. The lowest BCUT2D eigenvalue weighted by Crippen LogP contribution is -2.38. The Kier molecular flexibility index (Phi) is 6.51. The monoisotopic (exact) mass is 421 g/mol. The number of morpholine rings is 1. The number of nitrogens with zero attached hydrogens (tertiary/aromatic N) is 2. The van der Waals surface area contributed by atoms with E-state index in [1.807, 2.05) is 4.90 Å². The molecule has 1 heterocycles. The molecule has 0 spiro atoms. The Morgan fingerprint density at radius 3 is 2.55 bits per heavy atom. The van der Waals surface area contributed by atoms with Gasteiger partial charge in [0.05, 0.1) is 23.7 Å². The van der Waals surface area contributed by atoms with Crippen LogP contribution in [0.3, 0.4) is 0 Å². The Balaban J connectivity index is 1.92. The van der Waals surface area contributed by atoms with E-state index in [0.717, 1.165) is 4.31 Å². The van der Waals surface area contributed by atoms with Crippen molar-refractivity contribution in [1.29, 1.82) is 0 Å². The Labute approximate surface area is 170 Å². The molecule has 3 rings (SSSR count). The van der Waals surface area contributed by atoms with Gasteiger partial charge in [0, 0.05) is 39.4 Å². The fourth-order valence-electron chi connectivity index (χ4n) is 3.07. The lowest BCUT2D eigenvalue weighted by molar-refractivity contribution is 0.0949. The Morgan fingerprint density at radius 2 is 1.90 bits per heavy atom. The number of sulfonamides is 1. The molecule has 0 aromatic heterocycles. The standard InChI is InChI=1S/C20H24FN3O4S/c1-23(2)29(26,27)17-6-7-19(24-8-10-28-11-9-24)18(13-17)20(25)22-14-15-4-3-5-16(21)12-15/h3-7,12-13H,8-11,14H2,1-2H3,(H,22,25). The fraction of sp³-hybridized carbons (Fsp3) is 0.350. The molecule has 1 saturated heterocycles. The van der Waals surface area contributed by atoms with Crippen molar-refractivity contribution in [2.45, 2.75) is 11.4 Å². The molecule has 7 nitrogen and oxygen atoms in total. The Bertz CT molecular complexity index is 989.